The van der Waals surface area contributed by atoms with Gasteiger partial charge in [-0.1, -0.05) is 36.4 Å². The van der Waals surface area contributed by atoms with E-state index >= 15 is 0 Å². The maximum atomic E-state index is 12.3. The summed E-state index contributed by atoms with van der Waals surface area (Å²) in [6.07, 6.45) is 2.90. The Morgan fingerprint density at radius 1 is 1.09 bits per heavy atom. The van der Waals surface area contributed by atoms with Crippen molar-refractivity contribution in [3.8, 4) is 11.3 Å². The Kier molecular flexibility index (Phi) is 4.06. The molecule has 23 heavy (non-hydrogen) atoms. The normalized spacial score (nSPS) is 11.0. The van der Waals surface area contributed by atoms with Crippen molar-refractivity contribution in [3.63, 3.8) is 0 Å². The quantitative estimate of drug-likeness (QED) is 0.547. The maximum absolute atomic E-state index is 12.3. The summed E-state index contributed by atoms with van der Waals surface area (Å²) in [7, 11) is 1.31. The fourth-order valence-electron chi connectivity index (χ4n) is 2.25. The van der Waals surface area contributed by atoms with Crippen molar-refractivity contribution in [3.05, 3.63) is 76.5 Å². The molecule has 3 rings (SSSR count). The second-order valence-electron chi connectivity index (χ2n) is 4.95. The molecular weight excluding hydrogens is 292 g/mol. The van der Waals surface area contributed by atoms with Crippen LogP contribution in [-0.2, 0) is 9.53 Å². The molecule has 0 atom stereocenters. The standard InChI is InChI=1S/C19H14O4/c1-22-19(21)10-8-13-7-9-17-15(11-13)16(20)12-18(23-17)14-5-3-2-4-6-14/h2-12H,1H3. The molecule has 0 aliphatic heterocycles. The van der Waals surface area contributed by atoms with Crippen LogP contribution in [0, 0.1) is 0 Å². The van der Waals surface area contributed by atoms with Crippen molar-refractivity contribution in [2.24, 2.45) is 0 Å². The van der Waals surface area contributed by atoms with Gasteiger partial charge in [-0.3, -0.25) is 4.79 Å². The summed E-state index contributed by atoms with van der Waals surface area (Å²) in [6, 6.07) is 16.1. The zero-order valence-electron chi connectivity index (χ0n) is 12.5. The number of carbonyl (C=O) groups excluding carboxylic acids is 1. The summed E-state index contributed by atoms with van der Waals surface area (Å²) >= 11 is 0. The summed E-state index contributed by atoms with van der Waals surface area (Å²) in [5, 5.41) is 0.469. The van der Waals surface area contributed by atoms with Crippen LogP contribution in [-0.4, -0.2) is 13.1 Å². The zero-order valence-corrected chi connectivity index (χ0v) is 12.5. The Hall–Kier alpha value is -3.14. The van der Waals surface area contributed by atoms with Crippen LogP contribution in [0.15, 0.2) is 69.9 Å². The smallest absolute Gasteiger partial charge is 0.330 e. The van der Waals surface area contributed by atoms with E-state index in [1.165, 1.54) is 19.3 Å². The first-order valence-corrected chi connectivity index (χ1v) is 7.07. The van der Waals surface area contributed by atoms with Crippen LogP contribution in [0.5, 0.6) is 0 Å². The number of hydrogen-bond acceptors (Lipinski definition) is 4. The molecule has 0 amide bonds. The first kappa shape index (κ1) is 14.8. The van der Waals surface area contributed by atoms with Gasteiger partial charge >= 0.3 is 5.97 Å². The average Bonchev–Trinajstić information content (AvgIpc) is 2.60. The second kappa shape index (κ2) is 6.32. The summed E-state index contributed by atoms with van der Waals surface area (Å²) in [6.45, 7) is 0. The van der Waals surface area contributed by atoms with Crippen LogP contribution in [0.25, 0.3) is 28.4 Å². The molecule has 114 valence electrons. The van der Waals surface area contributed by atoms with Gasteiger partial charge in [0.25, 0.3) is 0 Å². The van der Waals surface area contributed by atoms with Gasteiger partial charge in [0.2, 0.25) is 0 Å². The third kappa shape index (κ3) is 3.21. The van der Waals surface area contributed by atoms with E-state index in [0.717, 1.165) is 11.1 Å². The summed E-state index contributed by atoms with van der Waals surface area (Å²) in [5.74, 6) is 0.0810. The number of carbonyl (C=O) groups is 1. The molecule has 0 spiro atoms. The van der Waals surface area contributed by atoms with Crippen molar-refractivity contribution < 1.29 is 13.9 Å². The third-order valence-corrected chi connectivity index (χ3v) is 3.42. The molecule has 0 N–H and O–H groups in total. The highest BCUT2D eigenvalue weighted by atomic mass is 16.5. The molecular formula is C19H14O4. The molecule has 0 saturated heterocycles. The molecule has 0 unspecified atom stereocenters. The van der Waals surface area contributed by atoms with Crippen LogP contribution in [0.2, 0.25) is 0 Å². The fourth-order valence-corrected chi connectivity index (χ4v) is 2.25. The lowest BCUT2D eigenvalue weighted by Gasteiger charge is -2.04. The molecule has 0 radical (unpaired) electrons. The van der Waals surface area contributed by atoms with Crippen LogP contribution in [0.1, 0.15) is 5.56 Å². The van der Waals surface area contributed by atoms with E-state index in [0.29, 0.717) is 16.7 Å². The van der Waals surface area contributed by atoms with Crippen LogP contribution >= 0.6 is 0 Å². The van der Waals surface area contributed by atoms with Gasteiger partial charge in [-0.15, -0.1) is 0 Å². The summed E-state index contributed by atoms with van der Waals surface area (Å²) < 4.78 is 10.4. The number of ether oxygens (including phenoxy) is 1. The lowest BCUT2D eigenvalue weighted by atomic mass is 10.1. The minimum Gasteiger partial charge on any atom is -0.466 e. The second-order valence-corrected chi connectivity index (χ2v) is 4.95. The first-order chi connectivity index (χ1) is 11.2. The zero-order chi connectivity index (χ0) is 16.2. The van der Waals surface area contributed by atoms with Gasteiger partial charge in [0.05, 0.1) is 12.5 Å². The van der Waals surface area contributed by atoms with Gasteiger partial charge in [-0.2, -0.15) is 0 Å². The lowest BCUT2D eigenvalue weighted by molar-refractivity contribution is -0.134. The van der Waals surface area contributed by atoms with Crippen molar-refractivity contribution in [2.45, 2.75) is 0 Å². The van der Waals surface area contributed by atoms with E-state index in [-0.39, 0.29) is 5.43 Å². The molecule has 2 aromatic carbocycles. The van der Waals surface area contributed by atoms with Crippen molar-refractivity contribution >= 4 is 23.0 Å². The first-order valence-electron chi connectivity index (χ1n) is 7.07. The van der Waals surface area contributed by atoms with Gasteiger partial charge in [-0.25, -0.2) is 4.79 Å². The van der Waals surface area contributed by atoms with Crippen LogP contribution in [0.3, 0.4) is 0 Å². The number of esters is 1. The molecule has 4 nitrogen and oxygen atoms in total. The van der Waals surface area contributed by atoms with E-state index in [1.807, 2.05) is 30.3 Å². The van der Waals surface area contributed by atoms with E-state index in [4.69, 9.17) is 4.42 Å². The highest BCUT2D eigenvalue weighted by Gasteiger charge is 2.07. The molecule has 0 fully saturated rings. The molecule has 0 saturated carbocycles. The summed E-state index contributed by atoms with van der Waals surface area (Å²) in [4.78, 5) is 23.5. The van der Waals surface area contributed by atoms with E-state index in [2.05, 4.69) is 4.74 Å². The Balaban J connectivity index is 2.05. The highest BCUT2D eigenvalue weighted by Crippen LogP contribution is 2.22. The van der Waals surface area contributed by atoms with Gasteiger partial charge in [-0.05, 0) is 23.8 Å². The van der Waals surface area contributed by atoms with Gasteiger partial charge in [0, 0.05) is 17.7 Å². The van der Waals surface area contributed by atoms with E-state index in [1.54, 1.807) is 24.3 Å². The predicted molar refractivity (Wildman–Crippen MR) is 89.0 cm³/mol. The predicted octanol–water partition coefficient (Wildman–Crippen LogP) is 3.65. The van der Waals surface area contributed by atoms with Crippen molar-refractivity contribution in [2.75, 3.05) is 7.11 Å². The SMILES string of the molecule is COC(=O)C=Cc1ccc2oc(-c3ccccc3)cc(=O)c2c1. The maximum Gasteiger partial charge on any atom is 0.330 e. The van der Waals surface area contributed by atoms with Gasteiger partial charge in [0.1, 0.15) is 11.3 Å². The van der Waals surface area contributed by atoms with Crippen LogP contribution in [0.4, 0.5) is 0 Å². The lowest BCUT2D eigenvalue weighted by Crippen LogP contribution is -2.00. The van der Waals surface area contributed by atoms with Gasteiger partial charge in [0.15, 0.2) is 5.43 Å². The topological polar surface area (TPSA) is 56.5 Å². The monoisotopic (exact) mass is 306 g/mol. The number of fused-ring (bicyclic) bond motifs is 1. The highest BCUT2D eigenvalue weighted by molar-refractivity contribution is 5.88. The van der Waals surface area contributed by atoms with Crippen LogP contribution < -0.4 is 5.43 Å². The molecule has 0 aliphatic rings. The Labute approximate surface area is 132 Å². The Morgan fingerprint density at radius 3 is 2.61 bits per heavy atom. The minimum absolute atomic E-state index is 0.126. The van der Waals surface area contributed by atoms with Gasteiger partial charge < -0.3 is 9.15 Å². The fraction of sp³-hybridized carbons (Fsp3) is 0.0526. The van der Waals surface area contributed by atoms with Crippen molar-refractivity contribution in [1.82, 2.24) is 0 Å². The van der Waals surface area contributed by atoms with E-state index < -0.39 is 5.97 Å². The number of hydrogen-bond donors (Lipinski definition) is 0. The Morgan fingerprint density at radius 2 is 1.87 bits per heavy atom. The molecule has 0 aliphatic carbocycles. The average molecular weight is 306 g/mol. The summed E-state index contributed by atoms with van der Waals surface area (Å²) in [5.41, 5.74) is 1.95. The third-order valence-electron chi connectivity index (χ3n) is 3.42. The number of benzene rings is 2. The van der Waals surface area contributed by atoms with E-state index in [9.17, 15) is 9.59 Å². The Bertz CT molecular complexity index is 936. The largest absolute Gasteiger partial charge is 0.466 e. The molecule has 1 heterocycles. The minimum atomic E-state index is -0.448. The molecule has 1 aromatic heterocycles. The molecule has 3 aromatic rings. The molecule has 4 heteroatoms. The molecule has 0 bridgehead atoms. The number of methoxy groups -OCH3 is 1. The number of rotatable bonds is 3. The van der Waals surface area contributed by atoms with Crippen molar-refractivity contribution in [1.29, 1.82) is 0 Å².